The van der Waals surface area contributed by atoms with Crippen LogP contribution in [0.3, 0.4) is 0 Å². The number of anilines is 1. The molecule has 1 aliphatic rings. The van der Waals surface area contributed by atoms with Gasteiger partial charge in [0, 0.05) is 18.8 Å². The Hall–Kier alpha value is -0.820. The molecule has 1 aromatic carbocycles. The van der Waals surface area contributed by atoms with Gasteiger partial charge < -0.3 is 10.8 Å². The molecule has 0 aliphatic carbocycles. The van der Waals surface area contributed by atoms with Crippen LogP contribution in [-0.2, 0) is 10.0 Å². The van der Waals surface area contributed by atoms with E-state index in [0.717, 1.165) is 5.56 Å². The third kappa shape index (κ3) is 2.21. The summed E-state index contributed by atoms with van der Waals surface area (Å²) in [5.74, 6) is 0. The molecule has 18 heavy (non-hydrogen) atoms. The molecule has 0 atom stereocenters. The highest BCUT2D eigenvalue weighted by atomic mass is 35.5. The lowest BCUT2D eigenvalue weighted by Gasteiger charge is -2.42. The van der Waals surface area contributed by atoms with Crippen LogP contribution in [0.5, 0.6) is 0 Å². The predicted octanol–water partition coefficient (Wildman–Crippen LogP) is 0.986. The highest BCUT2D eigenvalue weighted by Gasteiger charge is 2.44. The fourth-order valence-corrected chi connectivity index (χ4v) is 4.16. The minimum absolute atomic E-state index is 0.0113. The van der Waals surface area contributed by atoms with Gasteiger partial charge in [-0.3, -0.25) is 0 Å². The second-order valence-corrected chi connectivity index (χ2v) is 7.22. The van der Waals surface area contributed by atoms with Gasteiger partial charge in [0.1, 0.15) is 4.90 Å². The molecule has 0 aromatic heterocycles. The zero-order valence-corrected chi connectivity index (χ0v) is 11.7. The van der Waals surface area contributed by atoms with Crippen molar-refractivity contribution in [2.45, 2.75) is 24.3 Å². The Morgan fingerprint density at radius 3 is 2.50 bits per heavy atom. The Kier molecular flexibility index (Phi) is 3.09. The number of β-amino-alcohol motifs (C(OH)–C–C–N with tert-alkyl or cyclic N) is 1. The summed E-state index contributed by atoms with van der Waals surface area (Å²) in [6, 6.07) is 2.89. The van der Waals surface area contributed by atoms with E-state index in [-0.39, 0.29) is 23.0 Å². The Morgan fingerprint density at radius 2 is 2.00 bits per heavy atom. The van der Waals surface area contributed by atoms with Gasteiger partial charge in [-0.05, 0) is 31.5 Å². The molecule has 0 unspecified atom stereocenters. The Labute approximate surface area is 111 Å². The number of hydrogen-bond donors (Lipinski definition) is 2. The molecule has 1 aliphatic heterocycles. The van der Waals surface area contributed by atoms with Crippen LogP contribution in [0.15, 0.2) is 17.0 Å². The average molecular weight is 291 g/mol. The Morgan fingerprint density at radius 1 is 1.44 bits per heavy atom. The van der Waals surface area contributed by atoms with Crippen LogP contribution in [0.1, 0.15) is 12.5 Å². The topological polar surface area (TPSA) is 83.6 Å². The third-order valence-electron chi connectivity index (χ3n) is 2.97. The standard InChI is InChI=1S/C11H15ClN2O3S/c1-7-3-8(12)10(4-9(7)13)18(16,17)14-5-11(2,15)6-14/h3-4,15H,5-6,13H2,1-2H3. The molecule has 7 heteroatoms. The maximum Gasteiger partial charge on any atom is 0.244 e. The van der Waals surface area contributed by atoms with Crippen molar-refractivity contribution >= 4 is 27.3 Å². The lowest BCUT2D eigenvalue weighted by atomic mass is 10.0. The number of aryl methyl sites for hydroxylation is 1. The van der Waals surface area contributed by atoms with Crippen LogP contribution in [0, 0.1) is 6.92 Å². The van der Waals surface area contributed by atoms with E-state index < -0.39 is 15.6 Å². The van der Waals surface area contributed by atoms with E-state index in [1.54, 1.807) is 13.8 Å². The summed E-state index contributed by atoms with van der Waals surface area (Å²) >= 11 is 5.96. The van der Waals surface area contributed by atoms with Crippen molar-refractivity contribution in [3.63, 3.8) is 0 Å². The van der Waals surface area contributed by atoms with E-state index >= 15 is 0 Å². The van der Waals surface area contributed by atoms with E-state index in [4.69, 9.17) is 17.3 Å². The van der Waals surface area contributed by atoms with Crippen molar-refractivity contribution in [1.82, 2.24) is 4.31 Å². The van der Waals surface area contributed by atoms with Crippen LogP contribution in [0.4, 0.5) is 5.69 Å². The number of benzene rings is 1. The number of aliphatic hydroxyl groups is 1. The molecule has 0 saturated carbocycles. The van der Waals surface area contributed by atoms with Crippen LogP contribution in [-0.4, -0.2) is 36.5 Å². The molecule has 1 heterocycles. The predicted molar refractivity (Wildman–Crippen MR) is 70.0 cm³/mol. The summed E-state index contributed by atoms with van der Waals surface area (Å²) in [6.45, 7) is 3.48. The quantitative estimate of drug-likeness (QED) is 0.796. The molecule has 100 valence electrons. The number of hydrogen-bond acceptors (Lipinski definition) is 4. The minimum atomic E-state index is -3.68. The number of nitrogens with two attached hydrogens (primary N) is 1. The first-order valence-corrected chi connectivity index (χ1v) is 7.23. The summed E-state index contributed by atoms with van der Waals surface area (Å²) in [6.07, 6.45) is 0. The van der Waals surface area contributed by atoms with Crippen LogP contribution in [0.25, 0.3) is 0 Å². The number of nitrogens with zero attached hydrogens (tertiary/aromatic N) is 1. The van der Waals surface area contributed by atoms with E-state index in [2.05, 4.69) is 0 Å². The van der Waals surface area contributed by atoms with Crippen molar-refractivity contribution in [2.75, 3.05) is 18.8 Å². The van der Waals surface area contributed by atoms with Gasteiger partial charge >= 0.3 is 0 Å². The third-order valence-corrected chi connectivity index (χ3v) is 5.23. The lowest BCUT2D eigenvalue weighted by molar-refractivity contribution is -0.0426. The maximum atomic E-state index is 12.3. The second-order valence-electron chi connectivity index (χ2n) is 4.91. The van der Waals surface area contributed by atoms with E-state index in [1.807, 2.05) is 0 Å². The van der Waals surface area contributed by atoms with Crippen LogP contribution >= 0.6 is 11.6 Å². The SMILES string of the molecule is Cc1cc(Cl)c(S(=O)(=O)N2CC(C)(O)C2)cc1N. The molecule has 1 fully saturated rings. The highest BCUT2D eigenvalue weighted by Crippen LogP contribution is 2.33. The molecule has 1 saturated heterocycles. The van der Waals surface area contributed by atoms with E-state index in [1.165, 1.54) is 16.4 Å². The van der Waals surface area contributed by atoms with Gasteiger partial charge in [-0.2, -0.15) is 4.31 Å². The fraction of sp³-hybridized carbons (Fsp3) is 0.455. The molecule has 3 N–H and O–H groups in total. The van der Waals surface area contributed by atoms with Crippen LogP contribution in [0.2, 0.25) is 5.02 Å². The average Bonchev–Trinajstić information content (AvgIpc) is 2.19. The molecule has 5 nitrogen and oxygen atoms in total. The van der Waals surface area contributed by atoms with Crippen LogP contribution < -0.4 is 5.73 Å². The van der Waals surface area contributed by atoms with Gasteiger partial charge in [0.15, 0.2) is 0 Å². The van der Waals surface area contributed by atoms with Crippen molar-refractivity contribution in [2.24, 2.45) is 0 Å². The van der Waals surface area contributed by atoms with Crippen molar-refractivity contribution in [1.29, 1.82) is 0 Å². The zero-order chi connectivity index (χ0) is 13.7. The van der Waals surface area contributed by atoms with Gasteiger partial charge in [-0.25, -0.2) is 8.42 Å². The molecule has 0 amide bonds. The van der Waals surface area contributed by atoms with Gasteiger partial charge in [-0.1, -0.05) is 11.6 Å². The summed E-state index contributed by atoms with van der Waals surface area (Å²) in [7, 11) is -3.68. The smallest absolute Gasteiger partial charge is 0.244 e. The molecule has 0 spiro atoms. The molecule has 1 aromatic rings. The first-order valence-electron chi connectivity index (χ1n) is 5.42. The summed E-state index contributed by atoms with van der Waals surface area (Å²) in [5.41, 5.74) is 5.86. The van der Waals surface area contributed by atoms with E-state index in [9.17, 15) is 13.5 Å². The zero-order valence-electron chi connectivity index (χ0n) is 10.1. The number of rotatable bonds is 2. The summed E-state index contributed by atoms with van der Waals surface area (Å²) in [5, 5.41) is 9.74. The normalized spacial score (nSPS) is 19.6. The van der Waals surface area contributed by atoms with E-state index in [0.29, 0.717) is 5.69 Å². The van der Waals surface area contributed by atoms with Crippen molar-refractivity contribution in [3.05, 3.63) is 22.7 Å². The fourth-order valence-electron chi connectivity index (χ4n) is 1.89. The highest BCUT2D eigenvalue weighted by molar-refractivity contribution is 7.89. The molecule has 2 rings (SSSR count). The monoisotopic (exact) mass is 290 g/mol. The summed E-state index contributed by atoms with van der Waals surface area (Å²) < 4.78 is 25.7. The number of nitrogen functional groups attached to an aromatic ring is 1. The first-order chi connectivity index (χ1) is 8.13. The van der Waals surface area contributed by atoms with Gasteiger partial charge in [0.25, 0.3) is 0 Å². The molecular weight excluding hydrogens is 276 g/mol. The second kappa shape index (κ2) is 4.09. The van der Waals surface area contributed by atoms with Gasteiger partial charge in [0.2, 0.25) is 10.0 Å². The number of sulfonamides is 1. The minimum Gasteiger partial charge on any atom is -0.398 e. The molecule has 0 radical (unpaired) electrons. The first kappa shape index (κ1) is 13.6. The molecular formula is C11H15ClN2O3S. The summed E-state index contributed by atoms with van der Waals surface area (Å²) in [4.78, 5) is -0.0113. The van der Waals surface area contributed by atoms with Gasteiger partial charge in [-0.15, -0.1) is 0 Å². The maximum absolute atomic E-state index is 12.3. The molecule has 0 bridgehead atoms. The largest absolute Gasteiger partial charge is 0.398 e. The van der Waals surface area contributed by atoms with Gasteiger partial charge in [0.05, 0.1) is 10.6 Å². The lowest BCUT2D eigenvalue weighted by Crippen LogP contribution is -2.61. The van der Waals surface area contributed by atoms with Crippen molar-refractivity contribution in [3.8, 4) is 0 Å². The Bertz CT molecular complexity index is 591. The Balaban J connectivity index is 2.40. The number of halogens is 1. The van der Waals surface area contributed by atoms with Crippen molar-refractivity contribution < 1.29 is 13.5 Å².